The molecule has 1 N–H and O–H groups in total. The Morgan fingerprint density at radius 1 is 1.08 bits per heavy atom. The molecule has 36 heavy (non-hydrogen) atoms. The van der Waals surface area contributed by atoms with Crippen LogP contribution in [0.2, 0.25) is 5.15 Å². The summed E-state index contributed by atoms with van der Waals surface area (Å²) in [6.07, 6.45) is -0.196. The molecule has 0 saturated carbocycles. The van der Waals surface area contributed by atoms with Crippen molar-refractivity contribution in [1.82, 2.24) is 10.3 Å². The highest BCUT2D eigenvalue weighted by atomic mass is 35.5. The van der Waals surface area contributed by atoms with E-state index in [1.54, 1.807) is 19.1 Å². The van der Waals surface area contributed by atoms with E-state index >= 15 is 0 Å². The molecule has 1 aromatic heterocycles. The Morgan fingerprint density at radius 3 is 2.39 bits per heavy atom. The van der Waals surface area contributed by atoms with Gasteiger partial charge in [-0.25, -0.2) is 14.2 Å². The van der Waals surface area contributed by atoms with Gasteiger partial charge in [-0.2, -0.15) is 0 Å². The predicted octanol–water partition coefficient (Wildman–Crippen LogP) is 6.73. The van der Waals surface area contributed by atoms with E-state index in [-0.39, 0.29) is 23.5 Å². The van der Waals surface area contributed by atoms with Crippen LogP contribution < -0.4 is 10.1 Å². The van der Waals surface area contributed by atoms with Crippen LogP contribution in [-0.4, -0.2) is 23.4 Å². The largest absolute Gasteiger partial charge is 0.464 e. The number of carbonyl (C=O) groups excluding carboxylic acids is 1. The Kier molecular flexibility index (Phi) is 5.41. The van der Waals surface area contributed by atoms with Crippen molar-refractivity contribution in [3.05, 3.63) is 107 Å². The van der Waals surface area contributed by atoms with Crippen LogP contribution in [0, 0.1) is 5.82 Å². The molecule has 3 aromatic carbocycles. The second-order valence-electron chi connectivity index (χ2n) is 9.25. The molecular weight excluding hydrogens is 479 g/mol. The lowest BCUT2D eigenvalue weighted by Crippen LogP contribution is -2.50. The SMILES string of the molecule is CC1(NC(=O)OCC2c3ccccc3-c3ccccc32)Cc2cc(-c3ccc(F)cc3)nc(Cl)c2O1. The summed E-state index contributed by atoms with van der Waals surface area (Å²) in [7, 11) is 0. The van der Waals surface area contributed by atoms with E-state index in [1.165, 1.54) is 23.3 Å². The lowest BCUT2D eigenvalue weighted by atomic mass is 9.98. The zero-order valence-electron chi connectivity index (χ0n) is 19.4. The topological polar surface area (TPSA) is 60.5 Å². The summed E-state index contributed by atoms with van der Waals surface area (Å²) in [4.78, 5) is 17.2. The van der Waals surface area contributed by atoms with E-state index in [9.17, 15) is 9.18 Å². The smallest absolute Gasteiger partial charge is 0.410 e. The highest BCUT2D eigenvalue weighted by molar-refractivity contribution is 6.31. The van der Waals surface area contributed by atoms with Crippen LogP contribution >= 0.6 is 11.6 Å². The van der Waals surface area contributed by atoms with Gasteiger partial charge in [-0.3, -0.25) is 5.32 Å². The predicted molar refractivity (Wildman–Crippen MR) is 136 cm³/mol. The van der Waals surface area contributed by atoms with Gasteiger partial charge in [0.1, 0.15) is 12.4 Å². The number of fused-ring (bicyclic) bond motifs is 4. The molecule has 4 aromatic rings. The number of rotatable bonds is 4. The number of aromatic nitrogens is 1. The van der Waals surface area contributed by atoms with Gasteiger partial charge in [-0.1, -0.05) is 60.1 Å². The monoisotopic (exact) mass is 500 g/mol. The minimum absolute atomic E-state index is 0.0328. The number of ether oxygens (including phenoxy) is 2. The van der Waals surface area contributed by atoms with E-state index in [0.29, 0.717) is 17.9 Å². The molecule has 0 fully saturated rings. The maximum Gasteiger partial charge on any atom is 0.410 e. The first-order chi connectivity index (χ1) is 17.4. The second kappa shape index (κ2) is 8.64. The number of halogens is 2. The van der Waals surface area contributed by atoms with Gasteiger partial charge in [0.05, 0.1) is 5.69 Å². The van der Waals surface area contributed by atoms with E-state index in [0.717, 1.165) is 22.3 Å². The fourth-order valence-corrected chi connectivity index (χ4v) is 5.36. The zero-order chi connectivity index (χ0) is 24.9. The van der Waals surface area contributed by atoms with Crippen LogP contribution in [0.15, 0.2) is 78.9 Å². The van der Waals surface area contributed by atoms with Crippen LogP contribution in [0.25, 0.3) is 22.4 Å². The Balaban J connectivity index is 1.16. The number of hydrogen-bond donors (Lipinski definition) is 1. The minimum atomic E-state index is -1.04. The molecule has 0 bridgehead atoms. The molecule has 0 radical (unpaired) electrons. The first-order valence-corrected chi connectivity index (χ1v) is 12.1. The van der Waals surface area contributed by atoms with Crippen molar-refractivity contribution in [2.24, 2.45) is 0 Å². The third-order valence-electron chi connectivity index (χ3n) is 6.71. The number of carbonyl (C=O) groups is 1. The van der Waals surface area contributed by atoms with Crippen LogP contribution in [0.4, 0.5) is 9.18 Å². The zero-order valence-corrected chi connectivity index (χ0v) is 20.2. The molecule has 1 aliphatic carbocycles. The number of hydrogen-bond acceptors (Lipinski definition) is 4. The molecule has 7 heteroatoms. The summed E-state index contributed by atoms with van der Waals surface area (Å²) in [5.41, 5.74) is 5.73. The average Bonchev–Trinajstić information content (AvgIpc) is 3.38. The van der Waals surface area contributed by atoms with Crippen molar-refractivity contribution in [3.8, 4) is 28.1 Å². The molecule has 0 spiro atoms. The van der Waals surface area contributed by atoms with Gasteiger partial charge in [-0.15, -0.1) is 0 Å². The maximum absolute atomic E-state index is 13.3. The van der Waals surface area contributed by atoms with E-state index in [1.807, 2.05) is 30.3 Å². The molecule has 6 rings (SSSR count). The summed E-state index contributed by atoms with van der Waals surface area (Å²) in [5.74, 6) is 0.0627. The first kappa shape index (κ1) is 22.6. The number of benzene rings is 3. The number of nitrogens with one attached hydrogen (secondary N) is 1. The molecular formula is C29H22ClFN2O3. The van der Waals surface area contributed by atoms with Gasteiger partial charge < -0.3 is 9.47 Å². The fraction of sp³-hybridized carbons (Fsp3) is 0.172. The maximum atomic E-state index is 13.3. The van der Waals surface area contributed by atoms with Crippen molar-refractivity contribution in [2.45, 2.75) is 25.0 Å². The Hall–Kier alpha value is -3.90. The third-order valence-corrected chi connectivity index (χ3v) is 6.97. The highest BCUT2D eigenvalue weighted by Crippen LogP contribution is 2.45. The highest BCUT2D eigenvalue weighted by Gasteiger charge is 2.39. The Labute approximate surface area is 212 Å². The van der Waals surface area contributed by atoms with Gasteiger partial charge in [0.25, 0.3) is 0 Å². The summed E-state index contributed by atoms with van der Waals surface area (Å²) in [6.45, 7) is 1.97. The molecule has 1 aliphatic heterocycles. The Bertz CT molecular complexity index is 1450. The molecule has 180 valence electrons. The summed E-state index contributed by atoms with van der Waals surface area (Å²) in [5, 5.41) is 3.03. The van der Waals surface area contributed by atoms with Crippen molar-refractivity contribution in [2.75, 3.05) is 6.61 Å². The van der Waals surface area contributed by atoms with E-state index < -0.39 is 11.8 Å². The van der Waals surface area contributed by atoms with E-state index in [2.05, 4.69) is 34.6 Å². The van der Waals surface area contributed by atoms with Gasteiger partial charge in [-0.05, 0) is 59.5 Å². The van der Waals surface area contributed by atoms with Gasteiger partial charge in [0, 0.05) is 23.5 Å². The minimum Gasteiger partial charge on any atom is -0.464 e. The van der Waals surface area contributed by atoms with Crippen molar-refractivity contribution in [3.63, 3.8) is 0 Å². The molecule has 1 atom stereocenters. The van der Waals surface area contributed by atoms with Gasteiger partial charge >= 0.3 is 6.09 Å². The quantitative estimate of drug-likeness (QED) is 0.315. The van der Waals surface area contributed by atoms with Crippen molar-refractivity contribution < 1.29 is 18.7 Å². The lowest BCUT2D eigenvalue weighted by Gasteiger charge is -2.25. The number of amides is 1. The molecule has 1 unspecified atom stereocenters. The molecule has 2 heterocycles. The second-order valence-corrected chi connectivity index (χ2v) is 9.61. The number of pyridine rings is 1. The van der Waals surface area contributed by atoms with Crippen LogP contribution in [0.1, 0.15) is 29.5 Å². The van der Waals surface area contributed by atoms with Crippen LogP contribution in [0.5, 0.6) is 5.75 Å². The molecule has 2 aliphatic rings. The standard InChI is InChI=1S/C29H22ClFN2O3/c1-29(15-18-14-25(32-27(30)26(18)36-29)17-10-12-19(31)13-11-17)33-28(34)35-16-24-22-8-4-2-6-20(22)21-7-3-5-9-23(21)24/h2-14,24H,15-16H2,1H3,(H,33,34). The first-order valence-electron chi connectivity index (χ1n) is 11.7. The average molecular weight is 501 g/mol. The lowest BCUT2D eigenvalue weighted by molar-refractivity contribution is 0.0599. The van der Waals surface area contributed by atoms with Crippen molar-refractivity contribution >= 4 is 17.7 Å². The third kappa shape index (κ3) is 3.97. The van der Waals surface area contributed by atoms with Gasteiger partial charge in [0.15, 0.2) is 16.6 Å². The number of nitrogens with zero attached hydrogens (tertiary/aromatic N) is 1. The molecule has 1 amide bonds. The van der Waals surface area contributed by atoms with Crippen molar-refractivity contribution in [1.29, 1.82) is 0 Å². The molecule has 0 saturated heterocycles. The Morgan fingerprint density at radius 2 is 1.72 bits per heavy atom. The fourth-order valence-electron chi connectivity index (χ4n) is 5.10. The normalized spacial score (nSPS) is 17.6. The summed E-state index contributed by atoms with van der Waals surface area (Å²) < 4.78 is 25.0. The van der Waals surface area contributed by atoms with Gasteiger partial charge in [0.2, 0.25) is 0 Å². The van der Waals surface area contributed by atoms with Crippen LogP contribution in [-0.2, 0) is 11.2 Å². The molecule has 5 nitrogen and oxygen atoms in total. The van der Waals surface area contributed by atoms with E-state index in [4.69, 9.17) is 21.1 Å². The summed E-state index contributed by atoms with van der Waals surface area (Å²) in [6, 6.07) is 24.3. The van der Waals surface area contributed by atoms with Crippen LogP contribution in [0.3, 0.4) is 0 Å². The summed E-state index contributed by atoms with van der Waals surface area (Å²) >= 11 is 6.41. The number of alkyl carbamates (subject to hydrolysis) is 1.